The molecule has 82 valence electrons. The van der Waals surface area contributed by atoms with Gasteiger partial charge in [-0.15, -0.1) is 11.3 Å². The van der Waals surface area contributed by atoms with Crippen LogP contribution in [0.3, 0.4) is 0 Å². The van der Waals surface area contributed by atoms with Gasteiger partial charge in [-0.25, -0.2) is 4.98 Å². The van der Waals surface area contributed by atoms with Crippen molar-refractivity contribution in [1.29, 1.82) is 0 Å². The number of thiazole rings is 1. The number of hydrogen-bond donors (Lipinski definition) is 0. The minimum atomic E-state index is 0.0393. The average Bonchev–Trinajstić information content (AvgIpc) is 2.78. The minimum Gasteiger partial charge on any atom is -0.368 e. The van der Waals surface area contributed by atoms with Gasteiger partial charge in [0.15, 0.2) is 6.29 Å². The Morgan fingerprint density at radius 2 is 2.67 bits per heavy atom. The molecule has 1 aromatic heterocycles. The summed E-state index contributed by atoms with van der Waals surface area (Å²) in [6.07, 6.45) is 2.49. The molecule has 15 heavy (non-hydrogen) atoms. The molecule has 0 spiro atoms. The number of rotatable bonds is 3. The lowest BCUT2D eigenvalue weighted by atomic mass is 10.3. The second-order valence-corrected chi connectivity index (χ2v) is 4.57. The standard InChI is InChI=1S/C10H14N2O2S/c1-2-12-3-4-14-9(6-12)10-11-5-8(7-13)15-10/h5,7,9H,2-4,6H2,1H3. The molecule has 0 N–H and O–H groups in total. The molecule has 1 aliphatic heterocycles. The number of morpholine rings is 1. The number of carbonyl (C=O) groups excluding carboxylic acids is 1. The monoisotopic (exact) mass is 226 g/mol. The summed E-state index contributed by atoms with van der Waals surface area (Å²) < 4.78 is 5.64. The van der Waals surface area contributed by atoms with Gasteiger partial charge in [-0.3, -0.25) is 9.69 Å². The van der Waals surface area contributed by atoms with Crippen LogP contribution in [0.2, 0.25) is 0 Å². The van der Waals surface area contributed by atoms with Crippen molar-refractivity contribution in [3.05, 3.63) is 16.1 Å². The van der Waals surface area contributed by atoms with Gasteiger partial charge in [0.25, 0.3) is 0 Å². The number of aldehydes is 1. The van der Waals surface area contributed by atoms with Crippen molar-refractivity contribution in [2.75, 3.05) is 26.2 Å². The molecule has 0 amide bonds. The molecule has 1 aromatic rings. The van der Waals surface area contributed by atoms with Crippen LogP contribution in [0.15, 0.2) is 6.20 Å². The van der Waals surface area contributed by atoms with E-state index in [-0.39, 0.29) is 6.10 Å². The number of aromatic nitrogens is 1. The maximum Gasteiger partial charge on any atom is 0.161 e. The molecular formula is C10H14N2O2S. The fraction of sp³-hybridized carbons (Fsp3) is 0.600. The molecule has 1 unspecified atom stereocenters. The highest BCUT2D eigenvalue weighted by Crippen LogP contribution is 2.25. The summed E-state index contributed by atoms with van der Waals surface area (Å²) in [5.41, 5.74) is 0. The Balaban J connectivity index is 2.06. The van der Waals surface area contributed by atoms with E-state index in [1.54, 1.807) is 6.20 Å². The van der Waals surface area contributed by atoms with E-state index >= 15 is 0 Å². The van der Waals surface area contributed by atoms with Gasteiger partial charge in [-0.1, -0.05) is 6.92 Å². The zero-order valence-corrected chi connectivity index (χ0v) is 9.50. The number of likely N-dealkylation sites (N-methyl/N-ethyl adjacent to an activating group) is 1. The van der Waals surface area contributed by atoms with E-state index < -0.39 is 0 Å². The van der Waals surface area contributed by atoms with Crippen molar-refractivity contribution in [2.24, 2.45) is 0 Å². The Labute approximate surface area is 92.9 Å². The Morgan fingerprint density at radius 1 is 1.80 bits per heavy atom. The van der Waals surface area contributed by atoms with Gasteiger partial charge in [-0.2, -0.15) is 0 Å². The Kier molecular flexibility index (Phi) is 3.45. The lowest BCUT2D eigenvalue weighted by Crippen LogP contribution is -2.37. The summed E-state index contributed by atoms with van der Waals surface area (Å²) in [6, 6.07) is 0. The summed E-state index contributed by atoms with van der Waals surface area (Å²) >= 11 is 1.42. The van der Waals surface area contributed by atoms with Crippen molar-refractivity contribution in [1.82, 2.24) is 9.88 Å². The summed E-state index contributed by atoms with van der Waals surface area (Å²) in [4.78, 5) is 17.8. The van der Waals surface area contributed by atoms with E-state index in [1.807, 2.05) is 0 Å². The molecule has 0 bridgehead atoms. The lowest BCUT2D eigenvalue weighted by Gasteiger charge is -2.30. The van der Waals surface area contributed by atoms with Crippen molar-refractivity contribution in [3.63, 3.8) is 0 Å². The highest BCUT2D eigenvalue weighted by atomic mass is 32.1. The average molecular weight is 226 g/mol. The van der Waals surface area contributed by atoms with Crippen LogP contribution in [0.1, 0.15) is 27.7 Å². The third-order valence-electron chi connectivity index (χ3n) is 2.53. The Bertz CT molecular complexity index is 340. The molecule has 0 saturated carbocycles. The molecule has 1 aliphatic rings. The van der Waals surface area contributed by atoms with Gasteiger partial charge >= 0.3 is 0 Å². The highest BCUT2D eigenvalue weighted by Gasteiger charge is 2.23. The second-order valence-electron chi connectivity index (χ2n) is 3.47. The van der Waals surface area contributed by atoms with E-state index in [2.05, 4.69) is 16.8 Å². The molecule has 2 rings (SSSR count). The zero-order chi connectivity index (χ0) is 10.7. The SMILES string of the molecule is CCN1CCOC(c2ncc(C=O)s2)C1. The third kappa shape index (κ3) is 2.42. The van der Waals surface area contributed by atoms with Gasteiger partial charge in [0, 0.05) is 19.3 Å². The first-order chi connectivity index (χ1) is 7.33. The molecule has 1 atom stereocenters. The van der Waals surface area contributed by atoms with Crippen molar-refractivity contribution < 1.29 is 9.53 Å². The van der Waals surface area contributed by atoms with E-state index in [0.717, 1.165) is 37.5 Å². The molecule has 1 fully saturated rings. The number of nitrogens with zero attached hydrogens (tertiary/aromatic N) is 2. The maximum atomic E-state index is 10.5. The molecular weight excluding hydrogens is 212 g/mol. The van der Waals surface area contributed by atoms with E-state index in [9.17, 15) is 4.79 Å². The molecule has 0 aromatic carbocycles. The fourth-order valence-corrected chi connectivity index (χ4v) is 2.42. The van der Waals surface area contributed by atoms with Gasteiger partial charge in [0.2, 0.25) is 0 Å². The Hall–Kier alpha value is -0.780. The van der Waals surface area contributed by atoms with Crippen LogP contribution in [0, 0.1) is 0 Å². The number of ether oxygens (including phenoxy) is 1. The van der Waals surface area contributed by atoms with Crippen LogP contribution < -0.4 is 0 Å². The van der Waals surface area contributed by atoms with Crippen molar-refractivity contribution in [2.45, 2.75) is 13.0 Å². The van der Waals surface area contributed by atoms with Crippen molar-refractivity contribution in [3.8, 4) is 0 Å². The largest absolute Gasteiger partial charge is 0.368 e. The first-order valence-electron chi connectivity index (χ1n) is 5.08. The van der Waals surface area contributed by atoms with Crippen LogP contribution in [0.4, 0.5) is 0 Å². The van der Waals surface area contributed by atoms with Gasteiger partial charge in [-0.05, 0) is 6.54 Å². The zero-order valence-electron chi connectivity index (χ0n) is 8.68. The van der Waals surface area contributed by atoms with Crippen LogP contribution in [0.25, 0.3) is 0 Å². The highest BCUT2D eigenvalue weighted by molar-refractivity contribution is 7.13. The number of carbonyl (C=O) groups is 1. The molecule has 0 radical (unpaired) electrons. The van der Waals surface area contributed by atoms with Crippen LogP contribution in [-0.4, -0.2) is 42.4 Å². The predicted molar refractivity (Wildman–Crippen MR) is 58.3 cm³/mol. The predicted octanol–water partition coefficient (Wildman–Crippen LogP) is 1.35. The van der Waals surface area contributed by atoms with Crippen LogP contribution >= 0.6 is 11.3 Å². The van der Waals surface area contributed by atoms with Crippen LogP contribution in [-0.2, 0) is 4.74 Å². The van der Waals surface area contributed by atoms with E-state index in [0.29, 0.717) is 4.88 Å². The summed E-state index contributed by atoms with van der Waals surface area (Å²) in [5.74, 6) is 0. The third-order valence-corrected chi connectivity index (χ3v) is 3.55. The van der Waals surface area contributed by atoms with Crippen LogP contribution in [0.5, 0.6) is 0 Å². The lowest BCUT2D eigenvalue weighted by molar-refractivity contribution is -0.0282. The summed E-state index contributed by atoms with van der Waals surface area (Å²) in [5, 5.41) is 0.912. The van der Waals surface area contributed by atoms with E-state index in [1.165, 1.54) is 11.3 Å². The topological polar surface area (TPSA) is 42.4 Å². The number of hydrogen-bond acceptors (Lipinski definition) is 5. The van der Waals surface area contributed by atoms with Gasteiger partial charge < -0.3 is 4.74 Å². The summed E-state index contributed by atoms with van der Waals surface area (Å²) in [6.45, 7) is 5.78. The quantitative estimate of drug-likeness (QED) is 0.730. The first kappa shape index (κ1) is 10.7. The molecule has 2 heterocycles. The van der Waals surface area contributed by atoms with E-state index in [4.69, 9.17) is 4.74 Å². The second kappa shape index (κ2) is 4.83. The van der Waals surface area contributed by atoms with Gasteiger partial charge in [0.05, 0.1) is 11.5 Å². The Morgan fingerprint density at radius 3 is 3.33 bits per heavy atom. The summed E-state index contributed by atoms with van der Waals surface area (Å²) in [7, 11) is 0. The normalized spacial score (nSPS) is 22.9. The first-order valence-corrected chi connectivity index (χ1v) is 5.90. The van der Waals surface area contributed by atoms with Gasteiger partial charge in [0.1, 0.15) is 11.1 Å². The fourth-order valence-electron chi connectivity index (χ4n) is 1.64. The molecule has 5 heteroatoms. The molecule has 1 saturated heterocycles. The van der Waals surface area contributed by atoms with Crippen molar-refractivity contribution >= 4 is 17.6 Å². The minimum absolute atomic E-state index is 0.0393. The maximum absolute atomic E-state index is 10.5. The smallest absolute Gasteiger partial charge is 0.161 e. The molecule has 0 aliphatic carbocycles. The molecule has 4 nitrogen and oxygen atoms in total.